The van der Waals surface area contributed by atoms with Crippen molar-refractivity contribution in [1.29, 1.82) is 0 Å². The molecule has 2 rings (SSSR count). The molecule has 0 heterocycles. The molecule has 12 heavy (non-hydrogen) atoms. The summed E-state index contributed by atoms with van der Waals surface area (Å²) in [4.78, 5) is 0. The Kier molecular flexibility index (Phi) is 1.67. The largest absolute Gasteiger partial charge is 0.385 e. The third kappa shape index (κ3) is 1.24. The molecule has 0 aromatic heterocycles. The molecule has 2 nitrogen and oxygen atoms in total. The average molecular weight is 163 g/mol. The standard InChI is InChI=1S/C10H13NO/c11-7-8-2-1-3-9(6-8)10(12)4-5-10/h1-3,6,12H,4-5,7,11H2. The van der Waals surface area contributed by atoms with Crippen molar-refractivity contribution in [3.8, 4) is 0 Å². The molecule has 0 amide bonds. The quantitative estimate of drug-likeness (QED) is 0.686. The van der Waals surface area contributed by atoms with Crippen molar-refractivity contribution < 1.29 is 5.11 Å². The minimum absolute atomic E-state index is 0.523. The highest BCUT2D eigenvalue weighted by Gasteiger charge is 2.41. The number of aliphatic hydroxyl groups is 1. The zero-order chi connectivity index (χ0) is 8.60. The molecular weight excluding hydrogens is 150 g/mol. The van der Waals surface area contributed by atoms with Crippen LogP contribution in [0.15, 0.2) is 24.3 Å². The second-order valence-corrected chi connectivity index (χ2v) is 3.44. The molecule has 1 aliphatic rings. The highest BCUT2D eigenvalue weighted by molar-refractivity contribution is 5.31. The number of nitrogens with two attached hydrogens (primary N) is 1. The first-order chi connectivity index (χ1) is 5.74. The molecule has 0 saturated heterocycles. The van der Waals surface area contributed by atoms with Gasteiger partial charge in [0.05, 0.1) is 5.60 Å². The molecule has 0 atom stereocenters. The summed E-state index contributed by atoms with van der Waals surface area (Å²) >= 11 is 0. The summed E-state index contributed by atoms with van der Waals surface area (Å²) in [5, 5.41) is 9.78. The molecule has 3 N–H and O–H groups in total. The minimum atomic E-state index is -0.523. The van der Waals surface area contributed by atoms with Crippen LogP contribution in [0.3, 0.4) is 0 Å². The maximum atomic E-state index is 9.78. The first-order valence-electron chi connectivity index (χ1n) is 4.26. The van der Waals surface area contributed by atoms with E-state index in [-0.39, 0.29) is 0 Å². The molecular formula is C10H13NO. The third-order valence-corrected chi connectivity index (χ3v) is 2.42. The van der Waals surface area contributed by atoms with Gasteiger partial charge in [0, 0.05) is 6.54 Å². The lowest BCUT2D eigenvalue weighted by Gasteiger charge is -2.08. The number of hydrogen-bond acceptors (Lipinski definition) is 2. The summed E-state index contributed by atoms with van der Waals surface area (Å²) in [5.74, 6) is 0. The lowest BCUT2D eigenvalue weighted by molar-refractivity contribution is 0.151. The molecule has 1 aromatic carbocycles. The Morgan fingerprint density at radius 1 is 1.42 bits per heavy atom. The Balaban J connectivity index is 2.32. The van der Waals surface area contributed by atoms with Crippen LogP contribution in [0.2, 0.25) is 0 Å². The number of benzene rings is 1. The SMILES string of the molecule is NCc1cccc(C2(O)CC2)c1. The summed E-state index contributed by atoms with van der Waals surface area (Å²) in [5.41, 5.74) is 7.09. The highest BCUT2D eigenvalue weighted by Crippen LogP contribution is 2.45. The van der Waals surface area contributed by atoms with E-state index in [2.05, 4.69) is 0 Å². The van der Waals surface area contributed by atoms with Crippen molar-refractivity contribution in [1.82, 2.24) is 0 Å². The van der Waals surface area contributed by atoms with E-state index in [0.29, 0.717) is 6.54 Å². The average Bonchev–Trinajstić information content (AvgIpc) is 2.85. The summed E-state index contributed by atoms with van der Waals surface area (Å²) in [6.45, 7) is 0.546. The van der Waals surface area contributed by atoms with Gasteiger partial charge in [-0.1, -0.05) is 24.3 Å². The second-order valence-electron chi connectivity index (χ2n) is 3.44. The predicted octanol–water partition coefficient (Wildman–Crippen LogP) is 1.13. The van der Waals surface area contributed by atoms with Gasteiger partial charge in [0.25, 0.3) is 0 Å². The van der Waals surface area contributed by atoms with Crippen LogP contribution < -0.4 is 5.73 Å². The molecule has 0 spiro atoms. The topological polar surface area (TPSA) is 46.2 Å². The monoisotopic (exact) mass is 163 g/mol. The molecule has 0 unspecified atom stereocenters. The zero-order valence-corrected chi connectivity index (χ0v) is 6.96. The van der Waals surface area contributed by atoms with E-state index >= 15 is 0 Å². The van der Waals surface area contributed by atoms with E-state index in [1.807, 2.05) is 24.3 Å². The Hall–Kier alpha value is -0.860. The molecule has 0 aliphatic heterocycles. The summed E-state index contributed by atoms with van der Waals surface area (Å²) in [7, 11) is 0. The van der Waals surface area contributed by atoms with Crippen LogP contribution in [0.25, 0.3) is 0 Å². The maximum Gasteiger partial charge on any atom is 0.0899 e. The van der Waals surface area contributed by atoms with E-state index in [9.17, 15) is 5.11 Å². The van der Waals surface area contributed by atoms with Crippen molar-refractivity contribution in [2.24, 2.45) is 5.73 Å². The highest BCUT2D eigenvalue weighted by atomic mass is 16.3. The van der Waals surface area contributed by atoms with Crippen molar-refractivity contribution >= 4 is 0 Å². The fraction of sp³-hybridized carbons (Fsp3) is 0.400. The zero-order valence-electron chi connectivity index (χ0n) is 6.96. The van der Waals surface area contributed by atoms with Gasteiger partial charge >= 0.3 is 0 Å². The Bertz CT molecular complexity index is 292. The minimum Gasteiger partial charge on any atom is -0.385 e. The van der Waals surface area contributed by atoms with Crippen LogP contribution in [0.1, 0.15) is 24.0 Å². The lowest BCUT2D eigenvalue weighted by Crippen LogP contribution is -2.05. The van der Waals surface area contributed by atoms with Crippen LogP contribution in [0.5, 0.6) is 0 Å². The van der Waals surface area contributed by atoms with Gasteiger partial charge in [0.1, 0.15) is 0 Å². The van der Waals surface area contributed by atoms with Crippen molar-refractivity contribution in [3.63, 3.8) is 0 Å². The van der Waals surface area contributed by atoms with Gasteiger partial charge < -0.3 is 10.8 Å². The Morgan fingerprint density at radius 2 is 2.17 bits per heavy atom. The molecule has 1 aliphatic carbocycles. The first kappa shape index (κ1) is 7.77. The molecule has 0 radical (unpaired) electrons. The molecule has 0 bridgehead atoms. The van der Waals surface area contributed by atoms with Crippen LogP contribution in [-0.2, 0) is 12.1 Å². The van der Waals surface area contributed by atoms with Crippen LogP contribution in [0.4, 0.5) is 0 Å². The van der Waals surface area contributed by atoms with Gasteiger partial charge in [-0.3, -0.25) is 0 Å². The van der Waals surface area contributed by atoms with Gasteiger partial charge in [0.15, 0.2) is 0 Å². The van der Waals surface area contributed by atoms with Crippen LogP contribution in [-0.4, -0.2) is 5.11 Å². The lowest BCUT2D eigenvalue weighted by atomic mass is 10.0. The molecule has 1 aromatic rings. The fourth-order valence-corrected chi connectivity index (χ4v) is 1.39. The van der Waals surface area contributed by atoms with E-state index in [1.165, 1.54) is 0 Å². The van der Waals surface area contributed by atoms with E-state index in [0.717, 1.165) is 24.0 Å². The second kappa shape index (κ2) is 2.57. The van der Waals surface area contributed by atoms with Gasteiger partial charge in [-0.15, -0.1) is 0 Å². The van der Waals surface area contributed by atoms with Crippen LogP contribution in [0, 0.1) is 0 Å². The normalized spacial score (nSPS) is 19.2. The molecule has 2 heteroatoms. The maximum absolute atomic E-state index is 9.78. The smallest absolute Gasteiger partial charge is 0.0899 e. The van der Waals surface area contributed by atoms with Crippen molar-refractivity contribution in [2.75, 3.05) is 0 Å². The number of hydrogen-bond donors (Lipinski definition) is 2. The van der Waals surface area contributed by atoms with Gasteiger partial charge in [-0.2, -0.15) is 0 Å². The Morgan fingerprint density at radius 3 is 2.75 bits per heavy atom. The van der Waals surface area contributed by atoms with E-state index in [1.54, 1.807) is 0 Å². The summed E-state index contributed by atoms with van der Waals surface area (Å²) in [6.07, 6.45) is 1.78. The molecule has 64 valence electrons. The number of rotatable bonds is 2. The first-order valence-corrected chi connectivity index (χ1v) is 4.26. The van der Waals surface area contributed by atoms with E-state index in [4.69, 9.17) is 5.73 Å². The predicted molar refractivity (Wildman–Crippen MR) is 47.5 cm³/mol. The molecule has 1 fully saturated rings. The third-order valence-electron chi connectivity index (χ3n) is 2.42. The Labute approximate surface area is 72.0 Å². The van der Waals surface area contributed by atoms with Crippen molar-refractivity contribution in [3.05, 3.63) is 35.4 Å². The summed E-state index contributed by atoms with van der Waals surface area (Å²) in [6, 6.07) is 7.89. The van der Waals surface area contributed by atoms with Crippen molar-refractivity contribution in [2.45, 2.75) is 25.0 Å². The van der Waals surface area contributed by atoms with E-state index < -0.39 is 5.60 Å². The van der Waals surface area contributed by atoms with Crippen LogP contribution >= 0.6 is 0 Å². The van der Waals surface area contributed by atoms with Gasteiger partial charge in [-0.25, -0.2) is 0 Å². The van der Waals surface area contributed by atoms with Gasteiger partial charge in [-0.05, 0) is 24.0 Å². The fourth-order valence-electron chi connectivity index (χ4n) is 1.39. The molecule has 1 saturated carbocycles. The summed E-state index contributed by atoms with van der Waals surface area (Å²) < 4.78 is 0. The van der Waals surface area contributed by atoms with Gasteiger partial charge in [0.2, 0.25) is 0 Å².